The van der Waals surface area contributed by atoms with Gasteiger partial charge in [-0.3, -0.25) is 9.69 Å². The van der Waals surface area contributed by atoms with Crippen molar-refractivity contribution in [2.24, 2.45) is 0 Å². The van der Waals surface area contributed by atoms with Crippen LogP contribution < -0.4 is 4.74 Å². The van der Waals surface area contributed by atoms with Crippen molar-refractivity contribution in [1.82, 2.24) is 9.80 Å². The fourth-order valence-corrected chi connectivity index (χ4v) is 3.11. The average molecular weight is 361 g/mol. The largest absolute Gasteiger partial charge is 0.504 e. The van der Waals surface area contributed by atoms with Gasteiger partial charge in [0.2, 0.25) is 0 Å². The lowest BCUT2D eigenvalue weighted by molar-refractivity contribution is 0.0625. The average Bonchev–Trinajstić information content (AvgIpc) is 2.64. The molecular formula is C19H21ClN2O3. The van der Waals surface area contributed by atoms with Gasteiger partial charge in [-0.15, -0.1) is 0 Å². The summed E-state index contributed by atoms with van der Waals surface area (Å²) in [6, 6.07) is 12.8. The number of piperazine rings is 1. The summed E-state index contributed by atoms with van der Waals surface area (Å²) in [6.45, 7) is 3.67. The number of aromatic hydroxyl groups is 1. The third-order valence-electron chi connectivity index (χ3n) is 4.43. The summed E-state index contributed by atoms with van der Waals surface area (Å²) in [4.78, 5) is 16.7. The predicted molar refractivity (Wildman–Crippen MR) is 97.3 cm³/mol. The molecular weight excluding hydrogens is 340 g/mol. The fraction of sp³-hybridized carbons (Fsp3) is 0.316. The second kappa shape index (κ2) is 7.76. The van der Waals surface area contributed by atoms with Gasteiger partial charge >= 0.3 is 0 Å². The molecule has 0 saturated carbocycles. The van der Waals surface area contributed by atoms with E-state index in [1.807, 2.05) is 24.3 Å². The number of methoxy groups -OCH3 is 1. The monoisotopic (exact) mass is 360 g/mol. The van der Waals surface area contributed by atoms with Gasteiger partial charge in [-0.25, -0.2) is 0 Å². The lowest BCUT2D eigenvalue weighted by atomic mass is 10.1. The number of carbonyl (C=O) groups is 1. The molecule has 0 aromatic heterocycles. The fourth-order valence-electron chi connectivity index (χ4n) is 2.99. The first-order chi connectivity index (χ1) is 12.1. The summed E-state index contributed by atoms with van der Waals surface area (Å²) in [5.74, 6) is 0.0494. The summed E-state index contributed by atoms with van der Waals surface area (Å²) in [5.41, 5.74) is 1.49. The zero-order valence-electron chi connectivity index (χ0n) is 14.1. The normalized spacial score (nSPS) is 15.2. The van der Waals surface area contributed by atoms with Crippen LogP contribution in [-0.2, 0) is 6.54 Å². The minimum atomic E-state index is -0.164. The number of para-hydroxylation sites is 1. The van der Waals surface area contributed by atoms with Crippen LogP contribution >= 0.6 is 11.6 Å². The molecule has 0 atom stereocenters. The molecule has 0 spiro atoms. The number of phenolic OH excluding ortho intramolecular Hbond substituents is 1. The predicted octanol–water partition coefficient (Wildman–Crippen LogP) is 3.01. The van der Waals surface area contributed by atoms with Gasteiger partial charge in [-0.1, -0.05) is 29.8 Å². The van der Waals surface area contributed by atoms with Crippen molar-refractivity contribution in [1.29, 1.82) is 0 Å². The molecule has 6 heteroatoms. The van der Waals surface area contributed by atoms with E-state index in [-0.39, 0.29) is 17.2 Å². The van der Waals surface area contributed by atoms with Crippen molar-refractivity contribution in [2.45, 2.75) is 6.54 Å². The van der Waals surface area contributed by atoms with Crippen LogP contribution in [-0.4, -0.2) is 54.1 Å². The molecule has 1 aliphatic heterocycles. The minimum absolute atomic E-state index is 0.0985. The second-order valence-corrected chi connectivity index (χ2v) is 6.49. The number of hydrogen-bond acceptors (Lipinski definition) is 4. The van der Waals surface area contributed by atoms with Crippen molar-refractivity contribution >= 4 is 17.5 Å². The summed E-state index contributed by atoms with van der Waals surface area (Å²) < 4.78 is 5.08. The number of rotatable bonds is 4. The highest BCUT2D eigenvalue weighted by Crippen LogP contribution is 2.30. The highest BCUT2D eigenvalue weighted by atomic mass is 35.5. The standard InChI is InChI=1S/C19H21ClN2O3/c1-25-17-4-2-3-16(18(17)23)19(24)22-11-9-21(10-12-22)13-14-5-7-15(20)8-6-14/h2-8,23H,9-13H2,1H3. The van der Waals surface area contributed by atoms with Crippen LogP contribution in [0.4, 0.5) is 0 Å². The SMILES string of the molecule is COc1cccc(C(=O)N2CCN(Cc3ccc(Cl)cc3)CC2)c1O. The zero-order valence-corrected chi connectivity index (χ0v) is 14.9. The summed E-state index contributed by atoms with van der Waals surface area (Å²) in [7, 11) is 1.47. The molecule has 25 heavy (non-hydrogen) atoms. The van der Waals surface area contributed by atoms with Crippen molar-refractivity contribution in [3.63, 3.8) is 0 Å². The topological polar surface area (TPSA) is 53.0 Å². The van der Waals surface area contributed by atoms with E-state index >= 15 is 0 Å². The molecule has 5 nitrogen and oxygen atoms in total. The molecule has 1 N–H and O–H groups in total. The quantitative estimate of drug-likeness (QED) is 0.910. The number of benzene rings is 2. The molecule has 2 aromatic rings. The molecule has 3 rings (SSSR count). The van der Waals surface area contributed by atoms with Crippen LogP contribution in [0.25, 0.3) is 0 Å². The van der Waals surface area contributed by atoms with E-state index in [1.165, 1.54) is 12.7 Å². The summed E-state index contributed by atoms with van der Waals surface area (Å²) >= 11 is 5.91. The first-order valence-corrected chi connectivity index (χ1v) is 8.58. The molecule has 1 amide bonds. The van der Waals surface area contributed by atoms with Crippen LogP contribution in [0.2, 0.25) is 5.02 Å². The Bertz CT molecular complexity index is 741. The van der Waals surface area contributed by atoms with Crippen molar-refractivity contribution in [3.05, 3.63) is 58.6 Å². The zero-order chi connectivity index (χ0) is 17.8. The number of amides is 1. The third-order valence-corrected chi connectivity index (χ3v) is 4.68. The van der Waals surface area contributed by atoms with Gasteiger partial charge in [0.25, 0.3) is 5.91 Å². The number of halogens is 1. The number of nitrogens with zero attached hydrogens (tertiary/aromatic N) is 2. The Morgan fingerprint density at radius 2 is 1.80 bits per heavy atom. The second-order valence-electron chi connectivity index (χ2n) is 6.05. The van der Waals surface area contributed by atoms with E-state index in [9.17, 15) is 9.90 Å². The number of hydrogen-bond donors (Lipinski definition) is 1. The molecule has 1 fully saturated rings. The number of carbonyl (C=O) groups excluding carboxylic acids is 1. The van der Waals surface area contributed by atoms with Crippen molar-refractivity contribution < 1.29 is 14.6 Å². The maximum atomic E-state index is 12.7. The van der Waals surface area contributed by atoms with Gasteiger partial charge in [0.05, 0.1) is 12.7 Å². The molecule has 0 unspecified atom stereocenters. The first kappa shape index (κ1) is 17.6. The number of ether oxygens (including phenoxy) is 1. The molecule has 0 radical (unpaired) electrons. The van der Waals surface area contributed by atoms with Crippen LogP contribution in [0.1, 0.15) is 15.9 Å². The maximum absolute atomic E-state index is 12.7. The van der Waals surface area contributed by atoms with E-state index in [1.54, 1.807) is 23.1 Å². The van der Waals surface area contributed by atoms with Gasteiger partial charge in [0.15, 0.2) is 11.5 Å². The highest BCUT2D eigenvalue weighted by Gasteiger charge is 2.25. The molecule has 0 aliphatic carbocycles. The Labute approximate surface area is 152 Å². The maximum Gasteiger partial charge on any atom is 0.257 e. The smallest absolute Gasteiger partial charge is 0.257 e. The Morgan fingerprint density at radius 3 is 2.44 bits per heavy atom. The van der Waals surface area contributed by atoms with E-state index in [0.29, 0.717) is 18.8 Å². The number of phenols is 1. The van der Waals surface area contributed by atoms with Crippen molar-refractivity contribution in [3.8, 4) is 11.5 Å². The Hall–Kier alpha value is -2.24. The van der Waals surface area contributed by atoms with Gasteiger partial charge < -0.3 is 14.7 Å². The first-order valence-electron chi connectivity index (χ1n) is 8.20. The van der Waals surface area contributed by atoms with Gasteiger partial charge in [-0.2, -0.15) is 0 Å². The van der Waals surface area contributed by atoms with Crippen molar-refractivity contribution in [2.75, 3.05) is 33.3 Å². The Kier molecular flexibility index (Phi) is 5.46. The summed E-state index contributed by atoms with van der Waals surface area (Å²) in [5, 5.41) is 10.9. The van der Waals surface area contributed by atoms with Gasteiger partial charge in [0.1, 0.15) is 0 Å². The van der Waals surface area contributed by atoms with Crippen LogP contribution in [0, 0.1) is 0 Å². The van der Waals surface area contributed by atoms with E-state index in [2.05, 4.69) is 4.90 Å². The Balaban J connectivity index is 1.60. The van der Waals surface area contributed by atoms with E-state index in [4.69, 9.17) is 16.3 Å². The molecule has 1 saturated heterocycles. The molecule has 1 aliphatic rings. The lowest BCUT2D eigenvalue weighted by Crippen LogP contribution is -2.48. The van der Waals surface area contributed by atoms with Crippen LogP contribution in [0.3, 0.4) is 0 Å². The Morgan fingerprint density at radius 1 is 1.12 bits per heavy atom. The van der Waals surface area contributed by atoms with Gasteiger partial charge in [-0.05, 0) is 29.8 Å². The van der Waals surface area contributed by atoms with Crippen LogP contribution in [0.5, 0.6) is 11.5 Å². The lowest BCUT2D eigenvalue weighted by Gasteiger charge is -2.35. The van der Waals surface area contributed by atoms with E-state index in [0.717, 1.165) is 24.7 Å². The van der Waals surface area contributed by atoms with E-state index < -0.39 is 0 Å². The molecule has 132 valence electrons. The molecule has 1 heterocycles. The summed E-state index contributed by atoms with van der Waals surface area (Å²) in [6.07, 6.45) is 0. The van der Waals surface area contributed by atoms with Gasteiger partial charge in [0, 0.05) is 37.7 Å². The molecule has 2 aromatic carbocycles. The highest BCUT2D eigenvalue weighted by molar-refractivity contribution is 6.30. The van der Waals surface area contributed by atoms with Crippen LogP contribution in [0.15, 0.2) is 42.5 Å². The third kappa shape index (κ3) is 4.06. The molecule has 0 bridgehead atoms. The minimum Gasteiger partial charge on any atom is -0.504 e.